The highest BCUT2D eigenvalue weighted by molar-refractivity contribution is 7.97. The maximum atomic E-state index is 9.03. The highest BCUT2D eigenvalue weighted by Crippen LogP contribution is 2.30. The van der Waals surface area contributed by atoms with E-state index in [-0.39, 0.29) is 0 Å². The van der Waals surface area contributed by atoms with Gasteiger partial charge in [-0.2, -0.15) is 5.26 Å². The fraction of sp³-hybridized carbons (Fsp3) is 0.240. The van der Waals surface area contributed by atoms with Crippen LogP contribution in [0.3, 0.4) is 0 Å². The minimum Gasteiger partial charge on any atom is -0.496 e. The lowest BCUT2D eigenvalue weighted by atomic mass is 10.0. The zero-order valence-corrected chi connectivity index (χ0v) is 17.9. The Kier molecular flexibility index (Phi) is 6.70. The van der Waals surface area contributed by atoms with Crippen LogP contribution in [-0.2, 0) is 6.54 Å². The number of hydrogen-bond acceptors (Lipinski definition) is 5. The van der Waals surface area contributed by atoms with E-state index in [2.05, 4.69) is 46.0 Å². The van der Waals surface area contributed by atoms with Gasteiger partial charge in [0.1, 0.15) is 5.75 Å². The zero-order valence-electron chi connectivity index (χ0n) is 17.0. The Balaban J connectivity index is 1.30. The fourth-order valence-corrected chi connectivity index (χ4v) is 4.61. The summed E-state index contributed by atoms with van der Waals surface area (Å²) >= 11 is 1.62. The molecule has 4 nitrogen and oxygen atoms in total. The summed E-state index contributed by atoms with van der Waals surface area (Å²) in [6.45, 7) is 3.07. The molecule has 0 amide bonds. The topological polar surface area (TPSA) is 48.3 Å². The third-order valence-electron chi connectivity index (χ3n) is 5.36. The number of likely N-dealkylation sites (tertiary alicyclic amines) is 1. The number of hydrogen-bond donors (Lipinski definition) is 1. The predicted molar refractivity (Wildman–Crippen MR) is 122 cm³/mol. The number of ether oxygens (including phenoxy) is 1. The van der Waals surface area contributed by atoms with Gasteiger partial charge in [-0.25, -0.2) is 0 Å². The Hall–Kier alpha value is -2.78. The molecule has 0 aliphatic carbocycles. The molecule has 1 atom stereocenters. The fourth-order valence-electron chi connectivity index (χ4n) is 3.78. The molecule has 0 radical (unpaired) electrons. The summed E-state index contributed by atoms with van der Waals surface area (Å²) in [4.78, 5) is 3.57. The molecule has 1 N–H and O–H groups in total. The van der Waals surface area contributed by atoms with E-state index in [0.29, 0.717) is 11.6 Å². The second-order valence-electron chi connectivity index (χ2n) is 7.48. The van der Waals surface area contributed by atoms with E-state index in [1.807, 2.05) is 42.5 Å². The normalized spacial score (nSPS) is 16.3. The molecule has 3 aromatic carbocycles. The minimum absolute atomic E-state index is 0.452. The third kappa shape index (κ3) is 5.03. The standard InChI is InChI=1S/C25H25N3OS/c1-29-25-8-3-2-7-24(25)21-11-9-19(10-12-21)17-28-14-13-22(18-28)27-30-23-6-4-5-20(15-23)16-26/h2-12,15,22,27H,13-14,17-18H2,1H3. The highest BCUT2D eigenvalue weighted by Gasteiger charge is 2.22. The molecule has 3 aromatic rings. The van der Waals surface area contributed by atoms with Crippen LogP contribution in [0.15, 0.2) is 77.7 Å². The molecule has 152 valence electrons. The number of para-hydroxylation sites is 1. The van der Waals surface area contributed by atoms with Gasteiger partial charge in [0.15, 0.2) is 0 Å². The first-order valence-electron chi connectivity index (χ1n) is 10.1. The molecule has 1 saturated heterocycles. The molecule has 1 unspecified atom stereocenters. The van der Waals surface area contributed by atoms with Crippen molar-refractivity contribution < 1.29 is 4.74 Å². The summed E-state index contributed by atoms with van der Waals surface area (Å²) in [5, 5.41) is 9.03. The maximum absolute atomic E-state index is 9.03. The van der Waals surface area contributed by atoms with Gasteiger partial charge in [-0.3, -0.25) is 9.62 Å². The van der Waals surface area contributed by atoms with Crippen molar-refractivity contribution in [2.75, 3.05) is 20.2 Å². The SMILES string of the molecule is COc1ccccc1-c1ccc(CN2CCC(NSc3cccc(C#N)c3)C2)cc1. The van der Waals surface area contributed by atoms with Crippen LogP contribution < -0.4 is 9.46 Å². The average Bonchev–Trinajstić information content (AvgIpc) is 3.25. The number of nitrogens with zero attached hydrogens (tertiary/aromatic N) is 2. The Morgan fingerprint density at radius 1 is 1.10 bits per heavy atom. The summed E-state index contributed by atoms with van der Waals surface area (Å²) in [6, 6.07) is 27.3. The van der Waals surface area contributed by atoms with Gasteiger partial charge in [-0.15, -0.1) is 0 Å². The predicted octanol–water partition coefficient (Wildman–Crippen LogP) is 5.11. The first-order valence-corrected chi connectivity index (χ1v) is 10.9. The van der Waals surface area contributed by atoms with Gasteiger partial charge in [0.25, 0.3) is 0 Å². The Morgan fingerprint density at radius 2 is 1.93 bits per heavy atom. The van der Waals surface area contributed by atoms with Gasteiger partial charge in [0, 0.05) is 36.1 Å². The van der Waals surface area contributed by atoms with Gasteiger partial charge < -0.3 is 4.74 Å². The largest absolute Gasteiger partial charge is 0.496 e. The highest BCUT2D eigenvalue weighted by atomic mass is 32.2. The second kappa shape index (κ2) is 9.82. The summed E-state index contributed by atoms with van der Waals surface area (Å²) in [6.07, 6.45) is 1.13. The van der Waals surface area contributed by atoms with Crippen molar-refractivity contribution >= 4 is 11.9 Å². The zero-order chi connectivity index (χ0) is 20.8. The average molecular weight is 416 g/mol. The first kappa shape index (κ1) is 20.5. The Bertz CT molecular complexity index is 1030. The minimum atomic E-state index is 0.452. The van der Waals surface area contributed by atoms with Gasteiger partial charge >= 0.3 is 0 Å². The third-order valence-corrected chi connectivity index (χ3v) is 6.30. The molecule has 0 saturated carbocycles. The van der Waals surface area contributed by atoms with E-state index in [4.69, 9.17) is 10.00 Å². The maximum Gasteiger partial charge on any atom is 0.126 e. The molecule has 5 heteroatoms. The van der Waals surface area contributed by atoms with Crippen LogP contribution in [0.5, 0.6) is 5.75 Å². The quantitative estimate of drug-likeness (QED) is 0.544. The number of benzene rings is 3. The lowest BCUT2D eigenvalue weighted by Crippen LogP contribution is -2.28. The van der Waals surface area contributed by atoms with Crippen molar-refractivity contribution in [2.45, 2.75) is 23.9 Å². The van der Waals surface area contributed by atoms with Crippen molar-refractivity contribution in [3.8, 4) is 22.9 Å². The Morgan fingerprint density at radius 3 is 2.73 bits per heavy atom. The van der Waals surface area contributed by atoms with Crippen molar-refractivity contribution in [1.82, 2.24) is 9.62 Å². The summed E-state index contributed by atoms with van der Waals surface area (Å²) < 4.78 is 9.04. The van der Waals surface area contributed by atoms with Crippen LogP contribution in [0.2, 0.25) is 0 Å². The van der Waals surface area contributed by atoms with E-state index < -0.39 is 0 Å². The van der Waals surface area contributed by atoms with Crippen LogP contribution in [-0.4, -0.2) is 31.1 Å². The summed E-state index contributed by atoms with van der Waals surface area (Å²) in [7, 11) is 1.71. The molecular weight excluding hydrogens is 390 g/mol. The van der Waals surface area contributed by atoms with Gasteiger partial charge in [0.05, 0.1) is 18.7 Å². The molecule has 1 fully saturated rings. The molecule has 1 aliphatic heterocycles. The molecule has 30 heavy (non-hydrogen) atoms. The summed E-state index contributed by atoms with van der Waals surface area (Å²) in [5.41, 5.74) is 4.32. The lowest BCUT2D eigenvalue weighted by Gasteiger charge is -2.17. The van der Waals surface area contributed by atoms with E-state index in [1.165, 1.54) is 11.1 Å². The number of methoxy groups -OCH3 is 1. The van der Waals surface area contributed by atoms with E-state index >= 15 is 0 Å². The second-order valence-corrected chi connectivity index (χ2v) is 8.39. The van der Waals surface area contributed by atoms with E-state index in [0.717, 1.165) is 42.3 Å². The van der Waals surface area contributed by atoms with Crippen molar-refractivity contribution in [3.63, 3.8) is 0 Å². The van der Waals surface area contributed by atoms with Crippen LogP contribution >= 0.6 is 11.9 Å². The van der Waals surface area contributed by atoms with Gasteiger partial charge in [-0.05, 0) is 53.8 Å². The van der Waals surface area contributed by atoms with Gasteiger partial charge in [0.2, 0.25) is 0 Å². The number of nitrogens with one attached hydrogen (secondary N) is 1. The molecule has 0 aromatic heterocycles. The molecule has 0 bridgehead atoms. The smallest absolute Gasteiger partial charge is 0.126 e. The van der Waals surface area contributed by atoms with Crippen LogP contribution in [0.1, 0.15) is 17.5 Å². The van der Waals surface area contributed by atoms with E-state index in [1.54, 1.807) is 19.1 Å². The van der Waals surface area contributed by atoms with E-state index in [9.17, 15) is 0 Å². The molecule has 1 heterocycles. The molecular formula is C25H25N3OS. The van der Waals surface area contributed by atoms with Crippen molar-refractivity contribution in [2.24, 2.45) is 0 Å². The Labute approximate surface area is 182 Å². The summed E-state index contributed by atoms with van der Waals surface area (Å²) in [5.74, 6) is 0.900. The van der Waals surface area contributed by atoms with Crippen molar-refractivity contribution in [3.05, 3.63) is 83.9 Å². The van der Waals surface area contributed by atoms with Gasteiger partial charge in [-0.1, -0.05) is 48.5 Å². The number of nitriles is 1. The molecule has 0 spiro atoms. The number of rotatable bonds is 7. The molecule has 4 rings (SSSR count). The van der Waals surface area contributed by atoms with Crippen LogP contribution in [0, 0.1) is 11.3 Å². The van der Waals surface area contributed by atoms with Crippen molar-refractivity contribution in [1.29, 1.82) is 5.26 Å². The lowest BCUT2D eigenvalue weighted by molar-refractivity contribution is 0.325. The van der Waals surface area contributed by atoms with Crippen LogP contribution in [0.4, 0.5) is 0 Å². The monoisotopic (exact) mass is 415 g/mol. The van der Waals surface area contributed by atoms with Crippen LogP contribution in [0.25, 0.3) is 11.1 Å². The first-order chi connectivity index (χ1) is 14.7. The molecule has 1 aliphatic rings.